The zero-order valence-electron chi connectivity index (χ0n) is 17.5. The van der Waals surface area contributed by atoms with Gasteiger partial charge in [-0.2, -0.15) is 0 Å². The largest absolute Gasteiger partial charge is 0.497 e. The molecule has 0 radical (unpaired) electrons. The van der Waals surface area contributed by atoms with Crippen molar-refractivity contribution in [3.63, 3.8) is 0 Å². The van der Waals surface area contributed by atoms with Crippen LogP contribution in [0.1, 0.15) is 0 Å². The Morgan fingerprint density at radius 3 is 2.38 bits per heavy atom. The fraction of sp³-hybridized carbons (Fsp3) is 0.174. The number of nitrogens with one attached hydrogen (secondary N) is 1. The van der Waals surface area contributed by atoms with Crippen LogP contribution in [0.3, 0.4) is 0 Å². The lowest BCUT2D eigenvalue weighted by atomic mass is 10.2. The van der Waals surface area contributed by atoms with Crippen molar-refractivity contribution >= 4 is 27.3 Å². The molecule has 1 N–H and O–H groups in total. The van der Waals surface area contributed by atoms with Crippen molar-refractivity contribution < 1.29 is 27.4 Å². The Hall–Kier alpha value is -3.72. The summed E-state index contributed by atoms with van der Waals surface area (Å²) >= 11 is 0. The second-order valence-electron chi connectivity index (χ2n) is 6.98. The molecule has 0 aromatic heterocycles. The van der Waals surface area contributed by atoms with Crippen LogP contribution in [0.5, 0.6) is 17.2 Å². The molecular weight excluding hydrogens is 432 g/mol. The highest BCUT2D eigenvalue weighted by molar-refractivity contribution is 7.92. The molecule has 0 spiro atoms. The smallest absolute Gasteiger partial charge is 0.267 e. The summed E-state index contributed by atoms with van der Waals surface area (Å²) in [5.74, 6) is 0.843. The molecular formula is C23H22N2O6S. The van der Waals surface area contributed by atoms with Crippen LogP contribution in [-0.2, 0) is 14.8 Å². The average molecular weight is 455 g/mol. The van der Waals surface area contributed by atoms with Crippen LogP contribution in [0, 0.1) is 0 Å². The van der Waals surface area contributed by atoms with Crippen LogP contribution in [0.25, 0.3) is 0 Å². The number of amides is 1. The van der Waals surface area contributed by atoms with E-state index in [1.165, 1.54) is 30.7 Å². The Bertz CT molecular complexity index is 1230. The first-order chi connectivity index (χ1) is 15.4. The van der Waals surface area contributed by atoms with Crippen molar-refractivity contribution in [2.75, 3.05) is 30.4 Å². The van der Waals surface area contributed by atoms with Crippen molar-refractivity contribution in [2.45, 2.75) is 11.0 Å². The number of ether oxygens (including phenoxy) is 3. The number of para-hydroxylation sites is 4. The van der Waals surface area contributed by atoms with E-state index < -0.39 is 22.0 Å². The van der Waals surface area contributed by atoms with Crippen LogP contribution in [0.2, 0.25) is 0 Å². The first kappa shape index (κ1) is 21.5. The van der Waals surface area contributed by atoms with Gasteiger partial charge in [-0.3, -0.25) is 9.10 Å². The van der Waals surface area contributed by atoms with Gasteiger partial charge in [-0.15, -0.1) is 0 Å². The minimum absolute atomic E-state index is 0.0823. The summed E-state index contributed by atoms with van der Waals surface area (Å²) in [6, 6.07) is 19.8. The van der Waals surface area contributed by atoms with Crippen LogP contribution in [0.15, 0.2) is 77.7 Å². The van der Waals surface area contributed by atoms with E-state index in [1.54, 1.807) is 60.7 Å². The molecule has 0 saturated carbocycles. The van der Waals surface area contributed by atoms with E-state index in [-0.39, 0.29) is 11.4 Å². The average Bonchev–Trinajstić information content (AvgIpc) is 2.83. The molecule has 166 valence electrons. The first-order valence-electron chi connectivity index (χ1n) is 9.80. The van der Waals surface area contributed by atoms with Gasteiger partial charge in [0, 0.05) is 0 Å². The van der Waals surface area contributed by atoms with E-state index >= 15 is 0 Å². The molecule has 4 rings (SSSR count). The second-order valence-corrected chi connectivity index (χ2v) is 8.84. The van der Waals surface area contributed by atoms with Gasteiger partial charge in [0.1, 0.15) is 17.2 Å². The fourth-order valence-corrected chi connectivity index (χ4v) is 4.88. The van der Waals surface area contributed by atoms with Gasteiger partial charge in [-0.1, -0.05) is 24.3 Å². The molecule has 8 nitrogen and oxygen atoms in total. The molecule has 1 heterocycles. The highest BCUT2D eigenvalue weighted by Crippen LogP contribution is 2.37. The predicted octanol–water partition coefficient (Wildman–Crippen LogP) is 3.30. The second kappa shape index (κ2) is 8.80. The maximum absolute atomic E-state index is 13.5. The summed E-state index contributed by atoms with van der Waals surface area (Å²) in [5.41, 5.74) is 0.830. The van der Waals surface area contributed by atoms with Gasteiger partial charge < -0.3 is 19.5 Å². The van der Waals surface area contributed by atoms with Crippen molar-refractivity contribution in [1.82, 2.24) is 0 Å². The van der Waals surface area contributed by atoms with Gasteiger partial charge in [0.2, 0.25) is 0 Å². The number of anilines is 2. The lowest BCUT2D eigenvalue weighted by molar-refractivity contribution is -0.122. The monoisotopic (exact) mass is 454 g/mol. The summed E-state index contributed by atoms with van der Waals surface area (Å²) in [7, 11) is -0.951. The minimum Gasteiger partial charge on any atom is -0.497 e. The Morgan fingerprint density at radius 2 is 1.66 bits per heavy atom. The van der Waals surface area contributed by atoms with Crippen LogP contribution < -0.4 is 23.8 Å². The third-order valence-corrected chi connectivity index (χ3v) is 6.83. The Morgan fingerprint density at radius 1 is 0.969 bits per heavy atom. The summed E-state index contributed by atoms with van der Waals surface area (Å²) < 4.78 is 44.3. The first-order valence-corrected chi connectivity index (χ1v) is 11.2. The van der Waals surface area contributed by atoms with E-state index in [0.29, 0.717) is 28.6 Å². The Labute approximate surface area is 186 Å². The maximum atomic E-state index is 13.5. The number of benzene rings is 3. The van der Waals surface area contributed by atoms with E-state index in [1.807, 2.05) is 0 Å². The van der Waals surface area contributed by atoms with E-state index in [0.717, 1.165) is 0 Å². The molecule has 0 bridgehead atoms. The standard InChI is InChI=1S/C23H22N2O6S/c1-29-16-11-13-17(14-12-16)32(27,28)25-15-22(31-21-10-6-4-8-19(21)25)23(26)24-18-7-3-5-9-20(18)30-2/h3-14,22H,15H2,1-2H3,(H,24,26)/t22-/m0/s1. The highest BCUT2D eigenvalue weighted by atomic mass is 32.2. The van der Waals surface area contributed by atoms with Gasteiger partial charge in [0.25, 0.3) is 15.9 Å². The van der Waals surface area contributed by atoms with Crippen LogP contribution in [-0.4, -0.2) is 41.2 Å². The third-order valence-electron chi connectivity index (χ3n) is 5.04. The zero-order valence-corrected chi connectivity index (χ0v) is 18.3. The number of carbonyl (C=O) groups excluding carboxylic acids is 1. The number of sulfonamides is 1. The van der Waals surface area contributed by atoms with Crippen molar-refractivity contribution in [2.24, 2.45) is 0 Å². The highest BCUT2D eigenvalue weighted by Gasteiger charge is 2.37. The molecule has 0 aliphatic carbocycles. The topological polar surface area (TPSA) is 94.2 Å². The number of fused-ring (bicyclic) bond motifs is 1. The van der Waals surface area contributed by atoms with E-state index in [4.69, 9.17) is 14.2 Å². The molecule has 1 amide bonds. The van der Waals surface area contributed by atoms with Gasteiger partial charge in [0.15, 0.2) is 6.10 Å². The minimum atomic E-state index is -3.96. The normalized spacial score (nSPS) is 15.3. The van der Waals surface area contributed by atoms with Crippen LogP contribution >= 0.6 is 0 Å². The summed E-state index contributed by atoms with van der Waals surface area (Å²) in [5, 5.41) is 2.76. The van der Waals surface area contributed by atoms with E-state index in [9.17, 15) is 13.2 Å². The molecule has 9 heteroatoms. The molecule has 32 heavy (non-hydrogen) atoms. The Balaban J connectivity index is 1.66. The van der Waals surface area contributed by atoms with Crippen LogP contribution in [0.4, 0.5) is 11.4 Å². The summed E-state index contributed by atoms with van der Waals surface area (Å²) in [6.45, 7) is -0.188. The van der Waals surface area contributed by atoms with Gasteiger partial charge in [0.05, 0.1) is 37.0 Å². The number of methoxy groups -OCH3 is 2. The molecule has 1 aliphatic heterocycles. The molecule has 1 atom stereocenters. The zero-order chi connectivity index (χ0) is 22.7. The third kappa shape index (κ3) is 4.06. The van der Waals surface area contributed by atoms with Gasteiger partial charge in [-0.05, 0) is 48.5 Å². The number of carbonyl (C=O) groups is 1. The molecule has 3 aromatic carbocycles. The lowest BCUT2D eigenvalue weighted by Gasteiger charge is -2.34. The van der Waals surface area contributed by atoms with Gasteiger partial charge >= 0.3 is 0 Å². The Kier molecular flexibility index (Phi) is 5.91. The lowest BCUT2D eigenvalue weighted by Crippen LogP contribution is -2.48. The fourth-order valence-electron chi connectivity index (χ4n) is 3.40. The number of nitrogens with zero attached hydrogens (tertiary/aromatic N) is 1. The number of rotatable bonds is 6. The van der Waals surface area contributed by atoms with Crippen molar-refractivity contribution in [1.29, 1.82) is 0 Å². The SMILES string of the molecule is COc1ccc(S(=O)(=O)N2C[C@@H](C(=O)Nc3ccccc3OC)Oc3ccccc32)cc1. The van der Waals surface area contributed by atoms with E-state index in [2.05, 4.69) is 5.32 Å². The quantitative estimate of drug-likeness (QED) is 0.614. The number of hydrogen-bond acceptors (Lipinski definition) is 6. The van der Waals surface area contributed by atoms with Crippen molar-refractivity contribution in [3.05, 3.63) is 72.8 Å². The summed E-state index contributed by atoms with van der Waals surface area (Å²) in [6.07, 6.45) is -1.07. The molecule has 3 aromatic rings. The maximum Gasteiger partial charge on any atom is 0.267 e. The van der Waals surface area contributed by atoms with Gasteiger partial charge in [-0.25, -0.2) is 8.42 Å². The summed E-state index contributed by atoms with van der Waals surface area (Å²) in [4.78, 5) is 13.1. The van der Waals surface area contributed by atoms with Crippen molar-refractivity contribution in [3.8, 4) is 17.2 Å². The number of hydrogen-bond donors (Lipinski definition) is 1. The predicted molar refractivity (Wildman–Crippen MR) is 120 cm³/mol. The molecule has 1 aliphatic rings. The molecule has 0 fully saturated rings. The molecule has 0 saturated heterocycles. The molecule has 0 unspecified atom stereocenters.